The van der Waals surface area contributed by atoms with Crippen molar-refractivity contribution in [3.8, 4) is 11.3 Å². The number of hydrogen-bond acceptors (Lipinski definition) is 1. The average Bonchev–Trinajstić information content (AvgIpc) is 2.98. The molecule has 0 saturated heterocycles. The Bertz CT molecular complexity index is 632. The van der Waals surface area contributed by atoms with Gasteiger partial charge in [-0.25, -0.2) is 4.39 Å². The SMILES string of the molecule is Fc1ccc(-c2ccc(C[NH2+]C3CCCCCCC3)o2)cc1Cl. The van der Waals surface area contributed by atoms with Gasteiger partial charge in [-0.15, -0.1) is 0 Å². The van der Waals surface area contributed by atoms with Gasteiger partial charge in [0.25, 0.3) is 0 Å². The van der Waals surface area contributed by atoms with E-state index in [-0.39, 0.29) is 5.02 Å². The number of benzene rings is 1. The van der Waals surface area contributed by atoms with Gasteiger partial charge in [0.1, 0.15) is 18.1 Å². The van der Waals surface area contributed by atoms with Crippen molar-refractivity contribution in [3.05, 3.63) is 46.9 Å². The predicted molar refractivity (Wildman–Crippen MR) is 90.8 cm³/mol. The second-order valence-corrected chi connectivity index (χ2v) is 6.85. The average molecular weight is 337 g/mol. The van der Waals surface area contributed by atoms with Gasteiger partial charge in [-0.1, -0.05) is 30.9 Å². The van der Waals surface area contributed by atoms with Crippen LogP contribution >= 0.6 is 11.6 Å². The van der Waals surface area contributed by atoms with Crippen LogP contribution in [0.1, 0.15) is 50.7 Å². The van der Waals surface area contributed by atoms with Crippen LogP contribution in [0, 0.1) is 5.82 Å². The Morgan fingerprint density at radius 1 is 1.04 bits per heavy atom. The summed E-state index contributed by atoms with van der Waals surface area (Å²) in [6, 6.07) is 9.33. The van der Waals surface area contributed by atoms with Crippen molar-refractivity contribution in [3.63, 3.8) is 0 Å². The number of nitrogens with two attached hydrogens (primary N) is 1. The Balaban J connectivity index is 1.59. The van der Waals surface area contributed by atoms with Crippen LogP contribution in [0.25, 0.3) is 11.3 Å². The number of furan rings is 1. The lowest BCUT2D eigenvalue weighted by Gasteiger charge is -2.17. The molecule has 23 heavy (non-hydrogen) atoms. The summed E-state index contributed by atoms with van der Waals surface area (Å²) in [6.07, 6.45) is 9.45. The van der Waals surface area contributed by atoms with Crippen LogP contribution in [0.4, 0.5) is 4.39 Å². The fourth-order valence-corrected chi connectivity index (χ4v) is 3.48. The maximum Gasteiger partial charge on any atom is 0.158 e. The fourth-order valence-electron chi connectivity index (χ4n) is 3.30. The lowest BCUT2D eigenvalue weighted by Crippen LogP contribution is -2.88. The van der Waals surface area contributed by atoms with E-state index in [1.807, 2.05) is 12.1 Å². The van der Waals surface area contributed by atoms with Gasteiger partial charge in [-0.3, -0.25) is 0 Å². The molecule has 1 aliphatic carbocycles. The Labute approximate surface area is 142 Å². The van der Waals surface area contributed by atoms with Crippen LogP contribution in [0.5, 0.6) is 0 Å². The smallest absolute Gasteiger partial charge is 0.158 e. The Morgan fingerprint density at radius 3 is 2.52 bits per heavy atom. The largest absolute Gasteiger partial charge is 0.455 e. The molecule has 0 atom stereocenters. The fraction of sp³-hybridized carbons (Fsp3) is 0.474. The van der Waals surface area contributed by atoms with E-state index < -0.39 is 5.82 Å². The maximum atomic E-state index is 13.2. The van der Waals surface area contributed by atoms with Gasteiger partial charge in [-0.2, -0.15) is 0 Å². The minimum Gasteiger partial charge on any atom is -0.455 e. The van der Waals surface area contributed by atoms with Crippen LogP contribution in [-0.4, -0.2) is 6.04 Å². The first-order valence-electron chi connectivity index (χ1n) is 8.60. The zero-order valence-corrected chi connectivity index (χ0v) is 14.1. The third kappa shape index (κ3) is 4.58. The highest BCUT2D eigenvalue weighted by Crippen LogP contribution is 2.26. The zero-order valence-electron chi connectivity index (χ0n) is 13.4. The molecule has 0 bridgehead atoms. The highest BCUT2D eigenvalue weighted by Gasteiger charge is 2.15. The lowest BCUT2D eigenvalue weighted by molar-refractivity contribution is -0.707. The highest BCUT2D eigenvalue weighted by molar-refractivity contribution is 6.31. The quantitative estimate of drug-likeness (QED) is 0.844. The number of quaternary nitrogens is 1. The van der Waals surface area contributed by atoms with Crippen LogP contribution in [0.15, 0.2) is 34.7 Å². The lowest BCUT2D eigenvalue weighted by atomic mass is 9.97. The zero-order chi connectivity index (χ0) is 16.1. The van der Waals surface area contributed by atoms with E-state index in [0.717, 1.165) is 23.6 Å². The van der Waals surface area contributed by atoms with Gasteiger partial charge in [0.15, 0.2) is 5.76 Å². The molecule has 1 aliphatic rings. The van der Waals surface area contributed by atoms with Crippen molar-refractivity contribution in [1.29, 1.82) is 0 Å². The van der Waals surface area contributed by atoms with E-state index in [0.29, 0.717) is 6.04 Å². The first-order chi connectivity index (χ1) is 11.2. The standard InChI is InChI=1S/C19H23ClFNO/c20-17-12-14(8-10-18(17)21)19-11-9-16(23-19)13-22-15-6-4-2-1-3-5-7-15/h8-12,15,22H,1-7,13H2/p+1. The van der Waals surface area contributed by atoms with E-state index >= 15 is 0 Å². The minimum absolute atomic E-state index is 0.126. The minimum atomic E-state index is -0.403. The summed E-state index contributed by atoms with van der Waals surface area (Å²) in [5.41, 5.74) is 0.814. The second kappa shape index (κ2) is 7.98. The van der Waals surface area contributed by atoms with Gasteiger partial charge in [-0.05, 0) is 56.0 Å². The van der Waals surface area contributed by atoms with Crippen molar-refractivity contribution in [2.75, 3.05) is 0 Å². The molecule has 1 saturated carbocycles. The first kappa shape index (κ1) is 16.5. The molecule has 2 N–H and O–H groups in total. The van der Waals surface area contributed by atoms with Crippen molar-refractivity contribution in [2.45, 2.75) is 57.5 Å². The van der Waals surface area contributed by atoms with Crippen molar-refractivity contribution < 1.29 is 14.1 Å². The molecule has 0 radical (unpaired) electrons. The monoisotopic (exact) mass is 336 g/mol. The van der Waals surface area contributed by atoms with Gasteiger partial charge < -0.3 is 9.73 Å². The molecule has 1 fully saturated rings. The van der Waals surface area contributed by atoms with Crippen LogP contribution in [-0.2, 0) is 6.54 Å². The van der Waals surface area contributed by atoms with E-state index in [1.165, 1.54) is 51.0 Å². The maximum absolute atomic E-state index is 13.2. The molecule has 4 heteroatoms. The summed E-state index contributed by atoms with van der Waals surface area (Å²) in [5.74, 6) is 1.30. The number of halogens is 2. The normalized spacial score (nSPS) is 17.0. The predicted octanol–water partition coefficient (Wildman–Crippen LogP) is 4.92. The summed E-state index contributed by atoms with van der Waals surface area (Å²) >= 11 is 5.84. The molecule has 0 aliphatic heterocycles. The summed E-state index contributed by atoms with van der Waals surface area (Å²) < 4.78 is 19.1. The summed E-state index contributed by atoms with van der Waals surface area (Å²) in [7, 11) is 0. The van der Waals surface area contributed by atoms with Crippen molar-refractivity contribution >= 4 is 11.6 Å². The third-order valence-corrected chi connectivity index (χ3v) is 4.96. The van der Waals surface area contributed by atoms with Crippen molar-refractivity contribution in [2.24, 2.45) is 0 Å². The van der Waals surface area contributed by atoms with Crippen LogP contribution in [0.2, 0.25) is 5.02 Å². The topological polar surface area (TPSA) is 29.8 Å². The molecular weight excluding hydrogens is 313 g/mol. The number of hydrogen-bond donors (Lipinski definition) is 1. The second-order valence-electron chi connectivity index (χ2n) is 6.44. The molecule has 2 aromatic rings. The Morgan fingerprint density at radius 2 is 1.78 bits per heavy atom. The van der Waals surface area contributed by atoms with E-state index in [9.17, 15) is 4.39 Å². The van der Waals surface area contributed by atoms with Gasteiger partial charge in [0.05, 0.1) is 11.1 Å². The van der Waals surface area contributed by atoms with Gasteiger partial charge in [0, 0.05) is 5.56 Å². The highest BCUT2D eigenvalue weighted by atomic mass is 35.5. The molecule has 0 amide bonds. The van der Waals surface area contributed by atoms with Gasteiger partial charge >= 0.3 is 0 Å². The molecule has 1 aromatic carbocycles. The van der Waals surface area contributed by atoms with Crippen LogP contribution < -0.4 is 5.32 Å². The molecule has 3 rings (SSSR count). The summed E-state index contributed by atoms with van der Waals surface area (Å²) in [5, 5.41) is 2.53. The Hall–Kier alpha value is -1.32. The molecule has 1 heterocycles. The molecule has 1 aromatic heterocycles. The van der Waals surface area contributed by atoms with E-state index in [2.05, 4.69) is 5.32 Å². The summed E-state index contributed by atoms with van der Waals surface area (Å²) in [4.78, 5) is 0. The van der Waals surface area contributed by atoms with E-state index in [4.69, 9.17) is 16.0 Å². The molecule has 2 nitrogen and oxygen atoms in total. The third-order valence-electron chi connectivity index (χ3n) is 4.67. The molecule has 124 valence electrons. The summed E-state index contributed by atoms with van der Waals surface area (Å²) in [6.45, 7) is 0.861. The molecular formula is C19H24ClFNO+. The van der Waals surface area contributed by atoms with Crippen LogP contribution in [0.3, 0.4) is 0 Å². The molecule has 0 spiro atoms. The number of rotatable bonds is 4. The first-order valence-corrected chi connectivity index (χ1v) is 8.97. The van der Waals surface area contributed by atoms with Crippen molar-refractivity contribution in [1.82, 2.24) is 0 Å². The Kier molecular flexibility index (Phi) is 5.74. The van der Waals surface area contributed by atoms with E-state index in [1.54, 1.807) is 12.1 Å². The van der Waals surface area contributed by atoms with Gasteiger partial charge in [0.2, 0.25) is 0 Å². The molecule has 0 unspecified atom stereocenters.